The zero-order valence-corrected chi connectivity index (χ0v) is 10.1. The molecule has 2 aromatic rings. The van der Waals surface area contributed by atoms with Crippen molar-refractivity contribution in [3.8, 4) is 11.3 Å². The van der Waals surface area contributed by atoms with Gasteiger partial charge in [-0.25, -0.2) is 9.97 Å². The number of H-pyrrole nitrogens is 1. The summed E-state index contributed by atoms with van der Waals surface area (Å²) >= 11 is 0. The van der Waals surface area contributed by atoms with Crippen LogP contribution in [0.2, 0.25) is 0 Å². The van der Waals surface area contributed by atoms with Gasteiger partial charge in [0.2, 0.25) is 5.95 Å². The second-order valence-electron chi connectivity index (χ2n) is 4.48. The first kappa shape index (κ1) is 12.9. The van der Waals surface area contributed by atoms with E-state index < -0.39 is 18.0 Å². The van der Waals surface area contributed by atoms with Gasteiger partial charge in [-0.15, -0.1) is 0 Å². The van der Waals surface area contributed by atoms with Gasteiger partial charge in [-0.05, 0) is 6.07 Å². The Balaban J connectivity index is 2.04. The third-order valence-electron chi connectivity index (χ3n) is 2.94. The maximum Gasteiger partial charge on any atom is 0.433 e. The molecule has 1 fully saturated rings. The number of aromatic amines is 1. The van der Waals surface area contributed by atoms with Crippen LogP contribution in [0.1, 0.15) is 5.69 Å². The van der Waals surface area contributed by atoms with Crippen molar-refractivity contribution in [2.24, 2.45) is 0 Å². The molecule has 0 radical (unpaired) electrons. The topological polar surface area (TPSA) is 77.9 Å². The molecule has 1 aliphatic heterocycles. The Morgan fingerprint density at radius 2 is 2.05 bits per heavy atom. The largest absolute Gasteiger partial charge is 0.433 e. The first-order chi connectivity index (χ1) is 9.43. The van der Waals surface area contributed by atoms with E-state index in [4.69, 9.17) is 0 Å². The van der Waals surface area contributed by atoms with Crippen LogP contribution >= 0.6 is 0 Å². The Kier molecular flexibility index (Phi) is 2.85. The Morgan fingerprint density at radius 1 is 1.30 bits per heavy atom. The van der Waals surface area contributed by atoms with Gasteiger partial charge >= 0.3 is 6.18 Å². The Morgan fingerprint density at radius 3 is 2.60 bits per heavy atom. The zero-order chi connectivity index (χ0) is 14.3. The quantitative estimate of drug-likeness (QED) is 0.863. The van der Waals surface area contributed by atoms with E-state index in [1.54, 1.807) is 0 Å². The van der Waals surface area contributed by atoms with Gasteiger partial charge in [0, 0.05) is 24.8 Å². The molecule has 3 heterocycles. The number of aliphatic hydroxyl groups is 1. The van der Waals surface area contributed by atoms with E-state index >= 15 is 0 Å². The van der Waals surface area contributed by atoms with Gasteiger partial charge in [-0.3, -0.25) is 5.10 Å². The molecule has 0 aromatic carbocycles. The van der Waals surface area contributed by atoms with E-state index in [2.05, 4.69) is 20.2 Å². The molecule has 2 N–H and O–H groups in total. The van der Waals surface area contributed by atoms with Crippen LogP contribution in [0, 0.1) is 0 Å². The molecule has 1 saturated heterocycles. The van der Waals surface area contributed by atoms with Crippen molar-refractivity contribution < 1.29 is 18.3 Å². The summed E-state index contributed by atoms with van der Waals surface area (Å²) in [6, 6.07) is 0.880. The first-order valence-electron chi connectivity index (χ1n) is 5.82. The number of halogens is 3. The fourth-order valence-corrected chi connectivity index (χ4v) is 1.88. The van der Waals surface area contributed by atoms with Gasteiger partial charge in [0.25, 0.3) is 0 Å². The summed E-state index contributed by atoms with van der Waals surface area (Å²) in [4.78, 5) is 9.10. The van der Waals surface area contributed by atoms with Crippen LogP contribution in [0.5, 0.6) is 0 Å². The van der Waals surface area contributed by atoms with E-state index in [-0.39, 0.29) is 24.7 Å². The molecular formula is C11H10F3N5O. The average molecular weight is 285 g/mol. The van der Waals surface area contributed by atoms with Crippen LogP contribution in [0.4, 0.5) is 19.1 Å². The average Bonchev–Trinajstić information content (AvgIpc) is 2.87. The number of hydrogen-bond donors (Lipinski definition) is 2. The van der Waals surface area contributed by atoms with E-state index in [0.717, 1.165) is 6.07 Å². The fraction of sp³-hybridized carbons (Fsp3) is 0.364. The lowest BCUT2D eigenvalue weighted by Gasteiger charge is -2.36. The Labute approximate surface area is 111 Å². The molecule has 6 nitrogen and oxygen atoms in total. The maximum absolute atomic E-state index is 12.9. The van der Waals surface area contributed by atoms with Crippen molar-refractivity contribution in [3.63, 3.8) is 0 Å². The summed E-state index contributed by atoms with van der Waals surface area (Å²) < 4.78 is 38.6. The smallest absolute Gasteiger partial charge is 0.389 e. The summed E-state index contributed by atoms with van der Waals surface area (Å²) in [5.41, 5.74) is -0.433. The minimum absolute atomic E-state index is 0.0404. The van der Waals surface area contributed by atoms with Crippen molar-refractivity contribution in [3.05, 3.63) is 24.2 Å². The minimum Gasteiger partial charge on any atom is -0.389 e. The van der Waals surface area contributed by atoms with Crippen LogP contribution in [-0.4, -0.2) is 44.5 Å². The summed E-state index contributed by atoms with van der Waals surface area (Å²) in [5.74, 6) is -0.0404. The van der Waals surface area contributed by atoms with Gasteiger partial charge in [0.1, 0.15) is 0 Å². The molecule has 20 heavy (non-hydrogen) atoms. The summed E-state index contributed by atoms with van der Waals surface area (Å²) in [7, 11) is 0. The third kappa shape index (κ3) is 2.31. The molecule has 0 saturated carbocycles. The zero-order valence-electron chi connectivity index (χ0n) is 10.1. The van der Waals surface area contributed by atoms with Crippen LogP contribution in [0.3, 0.4) is 0 Å². The molecule has 1 aliphatic rings. The molecule has 3 rings (SSSR count). The fourth-order valence-electron chi connectivity index (χ4n) is 1.88. The van der Waals surface area contributed by atoms with Gasteiger partial charge in [-0.1, -0.05) is 0 Å². The molecule has 0 aliphatic carbocycles. The van der Waals surface area contributed by atoms with Gasteiger partial charge in [0.15, 0.2) is 5.69 Å². The van der Waals surface area contributed by atoms with Crippen molar-refractivity contribution in [2.75, 3.05) is 18.0 Å². The number of nitrogens with zero attached hydrogens (tertiary/aromatic N) is 4. The predicted octanol–water partition coefficient (Wildman–Crippen LogP) is 1.07. The number of alkyl halides is 3. The van der Waals surface area contributed by atoms with E-state index in [1.165, 1.54) is 17.3 Å². The monoisotopic (exact) mass is 285 g/mol. The van der Waals surface area contributed by atoms with E-state index in [0.29, 0.717) is 5.56 Å². The molecule has 0 spiro atoms. The number of aromatic nitrogens is 4. The SMILES string of the molecule is OC1CN(c2nc(-c3cn[nH]c3)cc(C(F)(F)F)n2)C1. The Hall–Kier alpha value is -2.16. The van der Waals surface area contributed by atoms with Gasteiger partial charge in [-0.2, -0.15) is 18.3 Å². The minimum atomic E-state index is -4.56. The lowest BCUT2D eigenvalue weighted by Crippen LogP contribution is -2.51. The number of anilines is 1. The molecule has 9 heteroatoms. The molecule has 0 unspecified atom stereocenters. The summed E-state index contributed by atoms with van der Waals surface area (Å²) in [6.07, 6.45) is -2.26. The normalized spacial score (nSPS) is 16.3. The summed E-state index contributed by atoms with van der Waals surface area (Å²) in [6.45, 7) is 0.457. The lowest BCUT2D eigenvalue weighted by atomic mass is 10.2. The van der Waals surface area contributed by atoms with Crippen LogP contribution in [0.25, 0.3) is 11.3 Å². The van der Waals surface area contributed by atoms with Crippen LogP contribution in [-0.2, 0) is 6.18 Å². The molecule has 2 aromatic heterocycles. The standard InChI is InChI=1S/C11H10F3N5O/c12-11(13,14)9-1-8(6-2-15-16-3-6)17-10(18-9)19-4-7(20)5-19/h1-3,7,20H,4-5H2,(H,15,16). The van der Waals surface area contributed by atoms with Crippen LogP contribution < -0.4 is 4.90 Å². The van der Waals surface area contributed by atoms with E-state index in [9.17, 15) is 18.3 Å². The molecule has 0 atom stereocenters. The number of β-amino-alcohol motifs (C(OH)–C–C–N with tert-alkyl or cyclic N) is 1. The highest BCUT2D eigenvalue weighted by atomic mass is 19.4. The van der Waals surface area contributed by atoms with Gasteiger partial charge in [0.05, 0.1) is 18.0 Å². The van der Waals surface area contributed by atoms with Crippen molar-refractivity contribution in [1.82, 2.24) is 20.2 Å². The van der Waals surface area contributed by atoms with Crippen molar-refractivity contribution >= 4 is 5.95 Å². The number of aliphatic hydroxyl groups excluding tert-OH is 1. The van der Waals surface area contributed by atoms with Crippen LogP contribution in [0.15, 0.2) is 18.5 Å². The second-order valence-corrected chi connectivity index (χ2v) is 4.48. The Bertz CT molecular complexity index is 607. The van der Waals surface area contributed by atoms with Gasteiger partial charge < -0.3 is 10.0 Å². The molecule has 0 bridgehead atoms. The van der Waals surface area contributed by atoms with Crippen molar-refractivity contribution in [1.29, 1.82) is 0 Å². The molecule has 106 valence electrons. The van der Waals surface area contributed by atoms with Crippen molar-refractivity contribution in [2.45, 2.75) is 12.3 Å². The highest BCUT2D eigenvalue weighted by Gasteiger charge is 2.36. The predicted molar refractivity (Wildman–Crippen MR) is 62.8 cm³/mol. The third-order valence-corrected chi connectivity index (χ3v) is 2.94. The number of hydrogen-bond acceptors (Lipinski definition) is 5. The maximum atomic E-state index is 12.9. The second kappa shape index (κ2) is 4.44. The number of rotatable bonds is 2. The summed E-state index contributed by atoms with van der Waals surface area (Å²) in [5, 5.41) is 15.4. The first-order valence-corrected chi connectivity index (χ1v) is 5.82. The highest BCUT2D eigenvalue weighted by molar-refractivity contribution is 5.59. The molecular weight excluding hydrogens is 275 g/mol. The number of nitrogens with one attached hydrogen (secondary N) is 1. The molecule has 0 amide bonds. The van der Waals surface area contributed by atoms with E-state index in [1.807, 2.05) is 0 Å². The highest BCUT2D eigenvalue weighted by Crippen LogP contribution is 2.32. The lowest BCUT2D eigenvalue weighted by molar-refractivity contribution is -0.141.